The Morgan fingerprint density at radius 3 is 2.72 bits per heavy atom. The summed E-state index contributed by atoms with van der Waals surface area (Å²) in [4.78, 5) is 47.3. The van der Waals surface area contributed by atoms with Crippen LogP contribution in [0.5, 0.6) is 0 Å². The zero-order chi connectivity index (χ0) is 17.7. The predicted molar refractivity (Wildman–Crippen MR) is 87.3 cm³/mol. The SMILES string of the molecule is CC(=O)N1CCC2C(CSc3ncccn3)=C(C(=O)O)N3C(=O)[C@@H]1[C@@H]23. The average Bonchev–Trinajstić information content (AvgIpc) is 2.92. The zero-order valence-corrected chi connectivity index (χ0v) is 14.3. The fraction of sp³-hybridized carbons (Fsp3) is 0.438. The van der Waals surface area contributed by atoms with Gasteiger partial charge in [0.05, 0.1) is 6.04 Å². The highest BCUT2D eigenvalue weighted by Crippen LogP contribution is 2.49. The van der Waals surface area contributed by atoms with Crippen molar-refractivity contribution < 1.29 is 19.5 Å². The number of carbonyl (C=O) groups excluding carboxylic acids is 2. The van der Waals surface area contributed by atoms with Crippen LogP contribution in [0.4, 0.5) is 0 Å². The minimum Gasteiger partial charge on any atom is -0.477 e. The summed E-state index contributed by atoms with van der Waals surface area (Å²) in [7, 11) is 0. The molecular weight excluding hydrogens is 344 g/mol. The molecule has 0 saturated carbocycles. The number of hydrogen-bond acceptors (Lipinski definition) is 6. The number of hydrogen-bond donors (Lipinski definition) is 1. The van der Waals surface area contributed by atoms with Gasteiger partial charge in [0, 0.05) is 37.5 Å². The lowest BCUT2D eigenvalue weighted by Gasteiger charge is -2.53. The molecule has 9 heteroatoms. The van der Waals surface area contributed by atoms with Crippen LogP contribution in [-0.2, 0) is 14.4 Å². The van der Waals surface area contributed by atoms with Gasteiger partial charge in [-0.1, -0.05) is 11.8 Å². The lowest BCUT2D eigenvalue weighted by molar-refractivity contribution is -0.168. The molecule has 2 saturated heterocycles. The monoisotopic (exact) mass is 360 g/mol. The Morgan fingerprint density at radius 2 is 2.08 bits per heavy atom. The maximum atomic E-state index is 12.5. The van der Waals surface area contributed by atoms with Crippen LogP contribution in [0.2, 0.25) is 0 Å². The molecule has 0 aromatic carbocycles. The Balaban J connectivity index is 1.63. The Morgan fingerprint density at radius 1 is 1.36 bits per heavy atom. The molecule has 0 spiro atoms. The van der Waals surface area contributed by atoms with E-state index in [1.54, 1.807) is 23.4 Å². The van der Waals surface area contributed by atoms with Crippen LogP contribution in [0.25, 0.3) is 0 Å². The molecule has 4 rings (SSSR count). The summed E-state index contributed by atoms with van der Waals surface area (Å²) in [6.45, 7) is 1.92. The number of amides is 2. The van der Waals surface area contributed by atoms with Crippen LogP contribution >= 0.6 is 11.8 Å². The third-order valence-electron chi connectivity index (χ3n) is 5.04. The van der Waals surface area contributed by atoms with Crippen LogP contribution in [0.3, 0.4) is 0 Å². The normalized spacial score (nSPS) is 27.2. The van der Waals surface area contributed by atoms with Gasteiger partial charge < -0.3 is 10.0 Å². The van der Waals surface area contributed by atoms with E-state index >= 15 is 0 Å². The molecule has 0 aliphatic carbocycles. The number of carbonyl (C=O) groups is 3. The summed E-state index contributed by atoms with van der Waals surface area (Å²) >= 11 is 1.36. The van der Waals surface area contributed by atoms with Crippen molar-refractivity contribution in [1.29, 1.82) is 0 Å². The highest BCUT2D eigenvalue weighted by atomic mass is 32.2. The quantitative estimate of drug-likeness (QED) is 0.470. The van der Waals surface area contributed by atoms with Crippen molar-refractivity contribution in [2.45, 2.75) is 30.6 Å². The van der Waals surface area contributed by atoms with E-state index in [4.69, 9.17) is 0 Å². The molecule has 8 nitrogen and oxygen atoms in total. The minimum absolute atomic E-state index is 0.0272. The third-order valence-corrected chi connectivity index (χ3v) is 5.96. The summed E-state index contributed by atoms with van der Waals surface area (Å²) in [5.41, 5.74) is 0.819. The number of carboxylic acid groups (broad SMARTS) is 1. The molecule has 130 valence electrons. The zero-order valence-electron chi connectivity index (χ0n) is 13.5. The molecule has 0 radical (unpaired) electrons. The van der Waals surface area contributed by atoms with Gasteiger partial charge in [0.1, 0.15) is 11.7 Å². The van der Waals surface area contributed by atoms with Gasteiger partial charge in [-0.05, 0) is 18.1 Å². The molecule has 3 aliphatic rings. The molecule has 1 unspecified atom stereocenters. The fourth-order valence-electron chi connectivity index (χ4n) is 4.04. The molecule has 1 N–H and O–H groups in total. The Bertz CT molecular complexity index is 797. The number of carboxylic acids is 1. The van der Waals surface area contributed by atoms with Crippen LogP contribution in [0.15, 0.2) is 34.9 Å². The third kappa shape index (κ3) is 2.33. The lowest BCUT2D eigenvalue weighted by atomic mass is 9.78. The van der Waals surface area contributed by atoms with Crippen molar-refractivity contribution in [3.8, 4) is 0 Å². The number of aliphatic carboxylic acids is 1. The number of nitrogens with zero attached hydrogens (tertiary/aromatic N) is 4. The highest BCUT2D eigenvalue weighted by Gasteiger charge is 2.63. The fourth-order valence-corrected chi connectivity index (χ4v) is 4.95. The summed E-state index contributed by atoms with van der Waals surface area (Å²) in [5, 5.41) is 10.2. The summed E-state index contributed by atoms with van der Waals surface area (Å²) in [6, 6.07) is 0.943. The molecular formula is C16H16N4O4S. The molecule has 0 bridgehead atoms. The second-order valence-electron chi connectivity index (χ2n) is 6.25. The Kier molecular flexibility index (Phi) is 3.75. The number of β-lactam (4-membered cyclic amide) rings is 1. The first-order chi connectivity index (χ1) is 12.0. The standard InChI is InChI=1S/C16H16N4O4S/c1-8(21)19-6-3-9-10(7-25-16-17-4-2-5-18-16)12(15(23)24)20-11(9)13(19)14(20)22/h2,4-5,9,11,13H,3,6-7H2,1H3,(H,23,24)/t9?,11-,13+/m1/s1. The highest BCUT2D eigenvalue weighted by molar-refractivity contribution is 7.99. The van der Waals surface area contributed by atoms with Crippen LogP contribution in [0, 0.1) is 5.92 Å². The van der Waals surface area contributed by atoms with Crippen molar-refractivity contribution in [1.82, 2.24) is 19.8 Å². The van der Waals surface area contributed by atoms with E-state index in [9.17, 15) is 19.5 Å². The summed E-state index contributed by atoms with van der Waals surface area (Å²) in [6.07, 6.45) is 3.93. The first-order valence-electron chi connectivity index (χ1n) is 7.97. The van der Waals surface area contributed by atoms with Gasteiger partial charge in [0.2, 0.25) is 5.91 Å². The molecule has 3 atom stereocenters. The molecule has 1 aromatic heterocycles. The van der Waals surface area contributed by atoms with Crippen molar-refractivity contribution in [2.75, 3.05) is 12.3 Å². The summed E-state index contributed by atoms with van der Waals surface area (Å²) < 4.78 is 0. The predicted octanol–water partition coefficient (Wildman–Crippen LogP) is 0.369. The van der Waals surface area contributed by atoms with Gasteiger partial charge in [-0.15, -0.1) is 0 Å². The molecule has 1 aromatic rings. The second kappa shape index (κ2) is 5.83. The van der Waals surface area contributed by atoms with E-state index in [0.717, 1.165) is 5.57 Å². The van der Waals surface area contributed by atoms with Crippen molar-refractivity contribution in [3.05, 3.63) is 29.7 Å². The molecule has 4 heterocycles. The number of rotatable bonds is 4. The first kappa shape index (κ1) is 16.1. The molecule has 2 amide bonds. The van der Waals surface area contributed by atoms with E-state index < -0.39 is 12.0 Å². The minimum atomic E-state index is -1.10. The molecule has 2 fully saturated rings. The van der Waals surface area contributed by atoms with Gasteiger partial charge in [0.25, 0.3) is 5.91 Å². The Labute approximate surface area is 147 Å². The van der Waals surface area contributed by atoms with Gasteiger partial charge in [-0.3, -0.25) is 14.5 Å². The van der Waals surface area contributed by atoms with Crippen LogP contribution in [0.1, 0.15) is 13.3 Å². The maximum Gasteiger partial charge on any atom is 0.352 e. The number of aromatic nitrogens is 2. The van der Waals surface area contributed by atoms with Gasteiger partial charge in [-0.25, -0.2) is 14.8 Å². The molecule has 25 heavy (non-hydrogen) atoms. The largest absolute Gasteiger partial charge is 0.477 e. The van der Waals surface area contributed by atoms with E-state index in [1.165, 1.54) is 23.6 Å². The lowest BCUT2D eigenvalue weighted by Crippen LogP contribution is -2.73. The van der Waals surface area contributed by atoms with E-state index in [2.05, 4.69) is 9.97 Å². The van der Waals surface area contributed by atoms with Crippen molar-refractivity contribution >= 4 is 29.5 Å². The van der Waals surface area contributed by atoms with Crippen molar-refractivity contribution in [2.24, 2.45) is 5.92 Å². The van der Waals surface area contributed by atoms with E-state index in [-0.39, 0.29) is 29.5 Å². The van der Waals surface area contributed by atoms with Gasteiger partial charge in [0.15, 0.2) is 5.16 Å². The van der Waals surface area contributed by atoms with E-state index in [1.807, 2.05) is 0 Å². The second-order valence-corrected chi connectivity index (χ2v) is 7.19. The molecule has 3 aliphatic heterocycles. The smallest absolute Gasteiger partial charge is 0.352 e. The first-order valence-corrected chi connectivity index (χ1v) is 8.95. The van der Waals surface area contributed by atoms with Crippen LogP contribution in [-0.4, -0.2) is 67.0 Å². The Hall–Kier alpha value is -2.42. The number of likely N-dealkylation sites (tertiary alicyclic amines) is 1. The topological polar surface area (TPSA) is 104 Å². The number of piperidine rings is 1. The van der Waals surface area contributed by atoms with Crippen molar-refractivity contribution in [3.63, 3.8) is 0 Å². The van der Waals surface area contributed by atoms with Gasteiger partial charge >= 0.3 is 5.97 Å². The average molecular weight is 360 g/mol. The van der Waals surface area contributed by atoms with Gasteiger partial charge in [-0.2, -0.15) is 0 Å². The van der Waals surface area contributed by atoms with E-state index in [0.29, 0.717) is 23.9 Å². The maximum absolute atomic E-state index is 12.5. The number of thioether (sulfide) groups is 1. The van der Waals surface area contributed by atoms with Crippen LogP contribution < -0.4 is 0 Å². The summed E-state index contributed by atoms with van der Waals surface area (Å²) in [5.74, 6) is -1.14.